The van der Waals surface area contributed by atoms with Crippen LogP contribution < -0.4 is 15.8 Å². The number of carbonyl (C=O) groups excluding carboxylic acids is 2. The van der Waals surface area contributed by atoms with Crippen LogP contribution in [-0.4, -0.2) is 105 Å². The highest BCUT2D eigenvalue weighted by molar-refractivity contribution is 6.29. The molecule has 2 aliphatic heterocycles. The third-order valence-corrected chi connectivity index (χ3v) is 5.76. The zero-order chi connectivity index (χ0) is 25.4. The van der Waals surface area contributed by atoms with Crippen LogP contribution in [0.4, 0.5) is 19.0 Å². The molecule has 0 aromatic carbocycles. The van der Waals surface area contributed by atoms with Crippen molar-refractivity contribution in [3.05, 3.63) is 17.5 Å². The number of hydrogen-bond acceptors (Lipinski definition) is 9. The van der Waals surface area contributed by atoms with Gasteiger partial charge in [-0.05, 0) is 0 Å². The van der Waals surface area contributed by atoms with Crippen molar-refractivity contribution in [1.82, 2.24) is 25.7 Å². The quantitative estimate of drug-likeness (QED) is 0.419. The molecule has 0 spiro atoms. The first-order valence-electron chi connectivity index (χ1n) is 11.0. The number of nitrogens with one attached hydrogen (secondary N) is 2. The Labute approximate surface area is 205 Å². The highest BCUT2D eigenvalue weighted by Gasteiger charge is 2.52. The Morgan fingerprint density at radius 1 is 1.23 bits per heavy atom. The standard InChI is InChI=1S/C20H28ClF3N6O5/c1-33-11-13(35-14-8-27-28-19(32)18(14)20(22,23)24)12-34-7-2-17(31)30-5-3-29(4-6-30)16-10-25-15(21)9-26-16/h9-10,13-14,18,27H,2-8,11-12H2,1H3,(H,28,32)/t13-,14?,18?/m1/s1. The van der Waals surface area contributed by atoms with Crippen molar-refractivity contribution < 1.29 is 37.0 Å². The highest BCUT2D eigenvalue weighted by Crippen LogP contribution is 2.32. The molecule has 0 aliphatic carbocycles. The van der Waals surface area contributed by atoms with Gasteiger partial charge >= 0.3 is 6.18 Å². The van der Waals surface area contributed by atoms with E-state index in [1.807, 2.05) is 10.3 Å². The molecule has 0 saturated carbocycles. The molecule has 0 bridgehead atoms. The summed E-state index contributed by atoms with van der Waals surface area (Å²) in [5.74, 6) is -2.92. The van der Waals surface area contributed by atoms with Gasteiger partial charge in [0.25, 0.3) is 0 Å². The lowest BCUT2D eigenvalue weighted by molar-refractivity contribution is -0.223. The van der Waals surface area contributed by atoms with Crippen LogP contribution in [0.15, 0.2) is 12.4 Å². The molecule has 2 aliphatic rings. The molecule has 2 N–H and O–H groups in total. The number of aromatic nitrogens is 2. The fraction of sp³-hybridized carbons (Fsp3) is 0.700. The van der Waals surface area contributed by atoms with Crippen LogP contribution in [0.1, 0.15) is 6.42 Å². The van der Waals surface area contributed by atoms with Crippen LogP contribution in [0.2, 0.25) is 5.15 Å². The summed E-state index contributed by atoms with van der Waals surface area (Å²) in [5.41, 5.74) is 4.37. The van der Waals surface area contributed by atoms with E-state index >= 15 is 0 Å². The third-order valence-electron chi connectivity index (χ3n) is 5.57. The molecule has 15 heteroatoms. The summed E-state index contributed by atoms with van der Waals surface area (Å²) in [7, 11) is 1.38. The van der Waals surface area contributed by atoms with E-state index in [0.29, 0.717) is 37.1 Å². The average Bonchev–Trinajstić information content (AvgIpc) is 2.81. The maximum atomic E-state index is 13.3. The van der Waals surface area contributed by atoms with Crippen molar-refractivity contribution in [3.8, 4) is 0 Å². The second-order valence-electron chi connectivity index (χ2n) is 8.03. The second kappa shape index (κ2) is 12.6. The topological polar surface area (TPSA) is 118 Å². The van der Waals surface area contributed by atoms with Crippen LogP contribution in [-0.2, 0) is 23.8 Å². The minimum atomic E-state index is -4.76. The maximum absolute atomic E-state index is 13.3. The Kier molecular flexibility index (Phi) is 9.86. The number of methoxy groups -OCH3 is 1. The van der Waals surface area contributed by atoms with Gasteiger partial charge in [-0.25, -0.2) is 15.4 Å². The van der Waals surface area contributed by atoms with Crippen LogP contribution in [0.25, 0.3) is 0 Å². The summed E-state index contributed by atoms with van der Waals surface area (Å²) in [6.07, 6.45) is -3.88. The smallest absolute Gasteiger partial charge is 0.382 e. The molecule has 2 saturated heterocycles. The van der Waals surface area contributed by atoms with Gasteiger partial charge in [-0.2, -0.15) is 13.2 Å². The molecule has 2 unspecified atom stereocenters. The highest BCUT2D eigenvalue weighted by atomic mass is 35.5. The van der Waals surface area contributed by atoms with Gasteiger partial charge in [0.2, 0.25) is 11.8 Å². The SMILES string of the molecule is COC[C@H](COCCC(=O)N1CCN(c2cnc(Cl)cn2)CC1)OC1CNNC(=O)C1C(F)(F)F. The van der Waals surface area contributed by atoms with Gasteiger partial charge in [0.1, 0.15) is 17.1 Å². The number of alkyl halides is 3. The van der Waals surface area contributed by atoms with Gasteiger partial charge in [0.15, 0.2) is 5.92 Å². The Morgan fingerprint density at radius 2 is 1.97 bits per heavy atom. The van der Waals surface area contributed by atoms with E-state index in [9.17, 15) is 22.8 Å². The van der Waals surface area contributed by atoms with Crippen molar-refractivity contribution in [2.24, 2.45) is 5.92 Å². The molecule has 3 atom stereocenters. The largest absolute Gasteiger partial charge is 0.403 e. The lowest BCUT2D eigenvalue weighted by atomic mass is 9.99. The summed E-state index contributed by atoms with van der Waals surface area (Å²) in [6.45, 7) is 1.92. The van der Waals surface area contributed by atoms with Crippen LogP contribution >= 0.6 is 11.6 Å². The number of hydrazine groups is 1. The molecule has 0 radical (unpaired) electrons. The van der Waals surface area contributed by atoms with Gasteiger partial charge in [-0.15, -0.1) is 0 Å². The molecular formula is C20H28ClF3N6O5. The molecule has 11 nitrogen and oxygen atoms in total. The first-order chi connectivity index (χ1) is 16.7. The van der Waals surface area contributed by atoms with Gasteiger partial charge in [0.05, 0.1) is 44.7 Å². The number of hydrogen-bond donors (Lipinski definition) is 2. The molecule has 35 heavy (non-hydrogen) atoms. The van der Waals surface area contributed by atoms with Gasteiger partial charge in [0, 0.05) is 39.8 Å². The first-order valence-corrected chi connectivity index (χ1v) is 11.4. The van der Waals surface area contributed by atoms with E-state index in [1.165, 1.54) is 13.3 Å². The predicted octanol–water partition coefficient (Wildman–Crippen LogP) is 0.398. The maximum Gasteiger partial charge on any atom is 0.403 e. The molecular weight excluding hydrogens is 497 g/mol. The molecule has 196 valence electrons. The monoisotopic (exact) mass is 524 g/mol. The van der Waals surface area contributed by atoms with Crippen LogP contribution in [0.5, 0.6) is 0 Å². The van der Waals surface area contributed by atoms with Gasteiger partial charge in [-0.3, -0.25) is 15.0 Å². The van der Waals surface area contributed by atoms with Crippen molar-refractivity contribution in [2.75, 3.05) is 64.6 Å². The van der Waals surface area contributed by atoms with Crippen molar-refractivity contribution in [3.63, 3.8) is 0 Å². The molecule has 1 aromatic heterocycles. The van der Waals surface area contributed by atoms with Crippen LogP contribution in [0, 0.1) is 5.92 Å². The zero-order valence-corrected chi connectivity index (χ0v) is 19.8. The Morgan fingerprint density at radius 3 is 2.60 bits per heavy atom. The van der Waals surface area contributed by atoms with E-state index in [-0.39, 0.29) is 38.7 Å². The fourth-order valence-corrected chi connectivity index (χ4v) is 3.93. The molecule has 2 fully saturated rings. The third kappa shape index (κ3) is 7.87. The van der Waals surface area contributed by atoms with Gasteiger partial charge in [-0.1, -0.05) is 11.6 Å². The number of amides is 2. The first kappa shape index (κ1) is 27.3. The lowest BCUT2D eigenvalue weighted by Crippen LogP contribution is -2.61. The van der Waals surface area contributed by atoms with E-state index in [2.05, 4.69) is 15.4 Å². The van der Waals surface area contributed by atoms with E-state index in [1.54, 1.807) is 11.1 Å². The Balaban J connectivity index is 1.40. The molecule has 2 amide bonds. The van der Waals surface area contributed by atoms with Crippen molar-refractivity contribution in [2.45, 2.75) is 24.8 Å². The van der Waals surface area contributed by atoms with Gasteiger partial charge < -0.3 is 24.0 Å². The van der Waals surface area contributed by atoms with Crippen molar-refractivity contribution in [1.29, 1.82) is 0 Å². The average molecular weight is 525 g/mol. The number of rotatable bonds is 10. The normalized spacial score (nSPS) is 22.1. The van der Waals surface area contributed by atoms with Crippen LogP contribution in [0.3, 0.4) is 0 Å². The number of anilines is 1. The minimum Gasteiger partial charge on any atom is -0.382 e. The van der Waals surface area contributed by atoms with Crippen molar-refractivity contribution >= 4 is 29.2 Å². The molecule has 1 aromatic rings. The number of ether oxygens (including phenoxy) is 3. The lowest BCUT2D eigenvalue weighted by Gasteiger charge is -2.35. The van der Waals surface area contributed by atoms with E-state index in [4.69, 9.17) is 25.8 Å². The molecule has 3 rings (SSSR count). The number of piperazine rings is 1. The number of halogens is 4. The van der Waals surface area contributed by atoms with E-state index < -0.39 is 30.2 Å². The Bertz CT molecular complexity index is 842. The summed E-state index contributed by atoms with van der Waals surface area (Å²) >= 11 is 5.76. The second-order valence-corrected chi connectivity index (χ2v) is 8.42. The number of nitrogens with zero attached hydrogens (tertiary/aromatic N) is 4. The summed E-state index contributed by atoms with van der Waals surface area (Å²) in [5, 5.41) is 0.307. The minimum absolute atomic E-state index is 0.0355. The fourth-order valence-electron chi connectivity index (χ4n) is 3.84. The predicted molar refractivity (Wildman–Crippen MR) is 117 cm³/mol. The summed E-state index contributed by atoms with van der Waals surface area (Å²) in [6, 6.07) is 0. The zero-order valence-electron chi connectivity index (χ0n) is 19.1. The summed E-state index contributed by atoms with van der Waals surface area (Å²) in [4.78, 5) is 36.2. The number of carbonyl (C=O) groups is 2. The molecule has 3 heterocycles. The summed E-state index contributed by atoms with van der Waals surface area (Å²) < 4.78 is 55.9. The Hall–Kier alpha value is -2.26. The van der Waals surface area contributed by atoms with E-state index in [0.717, 1.165) is 0 Å².